The summed E-state index contributed by atoms with van der Waals surface area (Å²) in [5, 5.41) is 9.27. The van der Waals surface area contributed by atoms with Gasteiger partial charge in [0, 0.05) is 37.5 Å². The van der Waals surface area contributed by atoms with Crippen molar-refractivity contribution < 1.29 is 14.6 Å². The number of fused-ring (bicyclic) bond motifs is 3. The Hall–Kier alpha value is -4.07. The Morgan fingerprint density at radius 3 is 2.71 bits per heavy atom. The van der Waals surface area contributed by atoms with Crippen molar-refractivity contribution in [2.75, 3.05) is 6.54 Å². The zero-order valence-corrected chi connectivity index (χ0v) is 16.6. The summed E-state index contributed by atoms with van der Waals surface area (Å²) in [6, 6.07) is 16.6. The lowest BCUT2D eigenvalue weighted by atomic mass is 10.1. The average molecular weight is 416 g/mol. The van der Waals surface area contributed by atoms with Gasteiger partial charge in [-0.1, -0.05) is 30.3 Å². The van der Waals surface area contributed by atoms with Crippen LogP contribution in [0.4, 0.5) is 4.79 Å². The normalized spacial score (nSPS) is 13.2. The molecule has 0 aliphatic carbocycles. The molecule has 0 radical (unpaired) electrons. The highest BCUT2D eigenvalue weighted by molar-refractivity contribution is 5.65. The van der Waals surface area contributed by atoms with Gasteiger partial charge in [0.15, 0.2) is 0 Å². The maximum atomic E-state index is 12.7. The fraction of sp³-hybridized carbons (Fsp3) is 0.174. The molecular weight excluding hydrogens is 396 g/mol. The summed E-state index contributed by atoms with van der Waals surface area (Å²) in [4.78, 5) is 30.0. The number of aromatic nitrogens is 3. The molecule has 0 saturated heterocycles. The van der Waals surface area contributed by atoms with E-state index in [0.717, 1.165) is 17.0 Å². The highest BCUT2D eigenvalue weighted by Gasteiger charge is 2.24. The molecule has 156 valence electrons. The van der Waals surface area contributed by atoms with E-state index in [-0.39, 0.29) is 5.56 Å². The Labute approximate surface area is 177 Å². The minimum Gasteiger partial charge on any atom is -0.489 e. The van der Waals surface area contributed by atoms with Crippen LogP contribution in [-0.4, -0.2) is 36.6 Å². The highest BCUT2D eigenvalue weighted by atomic mass is 16.5. The summed E-state index contributed by atoms with van der Waals surface area (Å²) >= 11 is 0. The van der Waals surface area contributed by atoms with E-state index >= 15 is 0 Å². The molecule has 4 aromatic rings. The van der Waals surface area contributed by atoms with Crippen molar-refractivity contribution >= 4 is 11.7 Å². The number of rotatable bonds is 4. The minimum absolute atomic E-state index is 0.205. The van der Waals surface area contributed by atoms with Gasteiger partial charge in [-0.25, -0.2) is 9.78 Å². The number of hydrogen-bond acceptors (Lipinski definition) is 4. The van der Waals surface area contributed by atoms with Crippen LogP contribution in [0.5, 0.6) is 5.75 Å². The zero-order chi connectivity index (χ0) is 21.4. The number of carbonyl (C=O) groups is 1. The summed E-state index contributed by atoms with van der Waals surface area (Å²) < 4.78 is 9.16. The number of carboxylic acid groups (broad SMARTS) is 1. The van der Waals surface area contributed by atoms with E-state index in [4.69, 9.17) is 4.74 Å². The maximum absolute atomic E-state index is 12.7. The molecule has 1 aromatic carbocycles. The number of benzene rings is 1. The monoisotopic (exact) mass is 416 g/mol. The molecule has 0 unspecified atom stereocenters. The summed E-state index contributed by atoms with van der Waals surface area (Å²) in [6.07, 6.45) is 3.15. The molecule has 0 fully saturated rings. The molecule has 0 spiro atoms. The fourth-order valence-electron chi connectivity index (χ4n) is 3.82. The molecule has 5 rings (SSSR count). The number of amides is 1. The number of ether oxygens (including phenoxy) is 1. The molecule has 1 amide bonds. The van der Waals surface area contributed by atoms with Gasteiger partial charge in [-0.3, -0.25) is 9.36 Å². The van der Waals surface area contributed by atoms with Crippen LogP contribution in [0.25, 0.3) is 11.3 Å². The zero-order valence-electron chi connectivity index (χ0n) is 16.6. The molecule has 0 saturated carbocycles. The van der Waals surface area contributed by atoms with Gasteiger partial charge in [0.05, 0.1) is 23.6 Å². The summed E-state index contributed by atoms with van der Waals surface area (Å²) in [7, 11) is 0. The van der Waals surface area contributed by atoms with Crippen molar-refractivity contribution in [1.82, 2.24) is 18.9 Å². The lowest BCUT2D eigenvalue weighted by Gasteiger charge is -2.23. The van der Waals surface area contributed by atoms with Gasteiger partial charge in [-0.15, -0.1) is 0 Å². The lowest BCUT2D eigenvalue weighted by molar-refractivity contribution is 0.139. The standard InChI is InChI=1S/C23H20N4O4/c28-22-13-18(31-15-16-4-2-1-3-5-16)7-11-26(22)17-6-10-27-20-14-25(23(29)30)9-8-19(20)24-21(27)12-17/h1-7,10-13H,8-9,14-15H2,(H,29,30). The van der Waals surface area contributed by atoms with Crippen molar-refractivity contribution in [3.8, 4) is 11.4 Å². The number of imidazole rings is 1. The molecule has 1 aliphatic rings. The fourth-order valence-corrected chi connectivity index (χ4v) is 3.82. The van der Waals surface area contributed by atoms with Crippen molar-refractivity contribution in [1.29, 1.82) is 0 Å². The summed E-state index contributed by atoms with van der Waals surface area (Å²) in [5.74, 6) is 0.510. The molecule has 8 nitrogen and oxygen atoms in total. The van der Waals surface area contributed by atoms with E-state index < -0.39 is 6.09 Å². The second-order valence-corrected chi connectivity index (χ2v) is 7.42. The van der Waals surface area contributed by atoms with Gasteiger partial charge in [-0.05, 0) is 17.7 Å². The first-order valence-electron chi connectivity index (χ1n) is 9.96. The van der Waals surface area contributed by atoms with Crippen LogP contribution in [0, 0.1) is 0 Å². The van der Waals surface area contributed by atoms with Crippen LogP contribution < -0.4 is 10.3 Å². The molecule has 3 aromatic heterocycles. The van der Waals surface area contributed by atoms with Crippen molar-refractivity contribution in [3.63, 3.8) is 0 Å². The summed E-state index contributed by atoms with van der Waals surface area (Å²) in [5.41, 5.74) is 3.96. The van der Waals surface area contributed by atoms with E-state index in [1.54, 1.807) is 12.3 Å². The summed E-state index contributed by atoms with van der Waals surface area (Å²) in [6.45, 7) is 1.13. The van der Waals surface area contributed by atoms with Crippen LogP contribution in [0.15, 0.2) is 71.8 Å². The molecule has 0 bridgehead atoms. The first kappa shape index (κ1) is 18.9. The molecule has 0 atom stereocenters. The Morgan fingerprint density at radius 1 is 1.10 bits per heavy atom. The van der Waals surface area contributed by atoms with Gasteiger partial charge in [0.1, 0.15) is 18.0 Å². The quantitative estimate of drug-likeness (QED) is 0.552. The van der Waals surface area contributed by atoms with Crippen molar-refractivity contribution in [2.24, 2.45) is 0 Å². The van der Waals surface area contributed by atoms with Crippen LogP contribution in [-0.2, 0) is 19.6 Å². The molecule has 31 heavy (non-hydrogen) atoms. The van der Waals surface area contributed by atoms with Crippen molar-refractivity contribution in [3.05, 3.63) is 94.3 Å². The van der Waals surface area contributed by atoms with E-state index in [2.05, 4.69) is 4.98 Å². The Morgan fingerprint density at radius 2 is 1.94 bits per heavy atom. The van der Waals surface area contributed by atoms with Gasteiger partial charge in [0.2, 0.25) is 0 Å². The second-order valence-electron chi connectivity index (χ2n) is 7.42. The van der Waals surface area contributed by atoms with E-state index in [1.807, 2.05) is 53.1 Å². The van der Waals surface area contributed by atoms with E-state index in [9.17, 15) is 14.7 Å². The lowest BCUT2D eigenvalue weighted by Crippen LogP contribution is -2.35. The predicted octanol–water partition coefficient (Wildman–Crippen LogP) is 3.10. The van der Waals surface area contributed by atoms with Crippen molar-refractivity contribution in [2.45, 2.75) is 19.6 Å². The smallest absolute Gasteiger partial charge is 0.407 e. The SMILES string of the molecule is O=C(O)N1CCc2nc3cc(-n4ccc(OCc5ccccc5)cc4=O)ccn3c2C1. The first-order valence-corrected chi connectivity index (χ1v) is 9.96. The van der Waals surface area contributed by atoms with Gasteiger partial charge >= 0.3 is 6.09 Å². The number of nitrogens with zero attached hydrogens (tertiary/aromatic N) is 4. The minimum atomic E-state index is -0.932. The molecular formula is C23H20N4O4. The van der Waals surface area contributed by atoms with Crippen LogP contribution in [0.3, 0.4) is 0 Å². The van der Waals surface area contributed by atoms with Crippen LogP contribution in [0.2, 0.25) is 0 Å². The Bertz CT molecular complexity index is 1330. The van der Waals surface area contributed by atoms with E-state index in [0.29, 0.717) is 43.2 Å². The van der Waals surface area contributed by atoms with Gasteiger partial charge < -0.3 is 19.1 Å². The van der Waals surface area contributed by atoms with Gasteiger partial charge in [-0.2, -0.15) is 0 Å². The molecule has 1 aliphatic heterocycles. The highest BCUT2D eigenvalue weighted by Crippen LogP contribution is 2.22. The Kier molecular flexibility index (Phi) is 4.66. The largest absolute Gasteiger partial charge is 0.489 e. The Balaban J connectivity index is 1.40. The first-order chi connectivity index (χ1) is 15.1. The molecule has 8 heteroatoms. The molecule has 1 N–H and O–H groups in total. The number of pyridine rings is 2. The topological polar surface area (TPSA) is 89.1 Å². The third-order valence-electron chi connectivity index (χ3n) is 5.44. The van der Waals surface area contributed by atoms with E-state index in [1.165, 1.54) is 15.5 Å². The van der Waals surface area contributed by atoms with Crippen LogP contribution in [0.1, 0.15) is 17.0 Å². The third kappa shape index (κ3) is 3.63. The average Bonchev–Trinajstić information content (AvgIpc) is 3.15. The number of hydrogen-bond donors (Lipinski definition) is 1. The predicted molar refractivity (Wildman–Crippen MR) is 114 cm³/mol. The maximum Gasteiger partial charge on any atom is 0.407 e. The third-order valence-corrected chi connectivity index (χ3v) is 5.44. The van der Waals surface area contributed by atoms with Crippen LogP contribution >= 0.6 is 0 Å². The second kappa shape index (κ2) is 7.64. The molecule has 4 heterocycles. The van der Waals surface area contributed by atoms with Gasteiger partial charge in [0.25, 0.3) is 5.56 Å².